The predicted octanol–water partition coefficient (Wildman–Crippen LogP) is 3.85. The first-order valence-corrected chi connectivity index (χ1v) is 6.54. The molecular formula is C16H20N2. The number of nitrogens with one attached hydrogen (secondary N) is 1. The summed E-state index contributed by atoms with van der Waals surface area (Å²) in [6.45, 7) is 6.92. The van der Waals surface area contributed by atoms with Crippen molar-refractivity contribution in [1.29, 1.82) is 0 Å². The normalized spacial score (nSPS) is 12.5. The first kappa shape index (κ1) is 12.8. The van der Waals surface area contributed by atoms with E-state index in [1.165, 1.54) is 10.9 Å². The van der Waals surface area contributed by atoms with Crippen molar-refractivity contribution in [2.24, 2.45) is 0 Å². The van der Waals surface area contributed by atoms with Crippen LogP contribution in [-0.4, -0.2) is 11.5 Å². The molecule has 2 aromatic rings. The number of pyridine rings is 1. The number of nitrogens with zero attached hydrogens (tertiary/aromatic N) is 1. The summed E-state index contributed by atoms with van der Waals surface area (Å²) in [5.41, 5.74) is 2.39. The Morgan fingerprint density at radius 2 is 2.28 bits per heavy atom. The van der Waals surface area contributed by atoms with Gasteiger partial charge in [0.15, 0.2) is 0 Å². The van der Waals surface area contributed by atoms with Crippen LogP contribution in [0.2, 0.25) is 0 Å². The summed E-state index contributed by atoms with van der Waals surface area (Å²) in [4.78, 5) is 4.35. The molecule has 0 bridgehead atoms. The third-order valence-electron chi connectivity index (χ3n) is 3.14. The van der Waals surface area contributed by atoms with Gasteiger partial charge < -0.3 is 5.32 Å². The van der Waals surface area contributed by atoms with Crippen molar-refractivity contribution in [2.75, 3.05) is 6.54 Å². The molecule has 0 amide bonds. The van der Waals surface area contributed by atoms with Crippen LogP contribution in [0.25, 0.3) is 10.9 Å². The van der Waals surface area contributed by atoms with Crippen molar-refractivity contribution in [1.82, 2.24) is 10.3 Å². The highest BCUT2D eigenvalue weighted by Gasteiger charge is 2.09. The molecule has 0 fully saturated rings. The van der Waals surface area contributed by atoms with Gasteiger partial charge in [-0.15, -0.1) is 6.58 Å². The third-order valence-corrected chi connectivity index (χ3v) is 3.14. The Hall–Kier alpha value is -1.67. The van der Waals surface area contributed by atoms with Crippen LogP contribution in [0.4, 0.5) is 0 Å². The predicted molar refractivity (Wildman–Crippen MR) is 77.6 cm³/mol. The molecular weight excluding hydrogens is 220 g/mol. The van der Waals surface area contributed by atoms with Gasteiger partial charge in [-0.3, -0.25) is 4.98 Å². The number of aromatic nitrogens is 1. The summed E-state index contributed by atoms with van der Waals surface area (Å²) in [5.74, 6) is 0. The fourth-order valence-electron chi connectivity index (χ4n) is 2.23. The molecule has 1 heterocycles. The molecule has 18 heavy (non-hydrogen) atoms. The Kier molecular flexibility index (Phi) is 4.48. The van der Waals surface area contributed by atoms with Gasteiger partial charge >= 0.3 is 0 Å². The Labute approximate surface area is 109 Å². The Balaban J connectivity index is 2.28. The molecule has 1 atom stereocenters. The van der Waals surface area contributed by atoms with Crippen LogP contribution in [0.1, 0.15) is 31.4 Å². The minimum Gasteiger partial charge on any atom is -0.310 e. The molecule has 1 aromatic carbocycles. The zero-order valence-electron chi connectivity index (χ0n) is 10.9. The molecule has 1 N–H and O–H groups in total. The van der Waals surface area contributed by atoms with Crippen molar-refractivity contribution in [3.8, 4) is 0 Å². The molecule has 0 aliphatic heterocycles. The van der Waals surface area contributed by atoms with E-state index in [0.29, 0.717) is 6.04 Å². The minimum atomic E-state index is 0.401. The Bertz CT molecular complexity index is 519. The molecule has 0 aliphatic carbocycles. The average molecular weight is 240 g/mol. The lowest BCUT2D eigenvalue weighted by atomic mass is 10.00. The molecule has 2 nitrogen and oxygen atoms in total. The van der Waals surface area contributed by atoms with E-state index >= 15 is 0 Å². The summed E-state index contributed by atoms with van der Waals surface area (Å²) in [7, 11) is 0. The minimum absolute atomic E-state index is 0.401. The van der Waals surface area contributed by atoms with E-state index in [4.69, 9.17) is 0 Å². The highest BCUT2D eigenvalue weighted by atomic mass is 14.9. The lowest BCUT2D eigenvalue weighted by molar-refractivity contribution is 0.520. The van der Waals surface area contributed by atoms with Crippen molar-refractivity contribution < 1.29 is 0 Å². The first-order valence-electron chi connectivity index (χ1n) is 6.54. The Morgan fingerprint density at radius 1 is 1.39 bits per heavy atom. The smallest absolute Gasteiger partial charge is 0.0702 e. The molecule has 1 aromatic heterocycles. The molecule has 94 valence electrons. The fraction of sp³-hybridized carbons (Fsp3) is 0.312. The van der Waals surface area contributed by atoms with Gasteiger partial charge in [-0.1, -0.05) is 25.1 Å². The van der Waals surface area contributed by atoms with Gasteiger partial charge in [0.25, 0.3) is 0 Å². The lowest BCUT2D eigenvalue weighted by Crippen LogP contribution is -2.20. The van der Waals surface area contributed by atoms with Gasteiger partial charge in [0, 0.05) is 17.6 Å². The second-order valence-corrected chi connectivity index (χ2v) is 4.43. The van der Waals surface area contributed by atoms with Gasteiger partial charge in [0.05, 0.1) is 5.52 Å². The monoisotopic (exact) mass is 240 g/mol. The van der Waals surface area contributed by atoms with Gasteiger partial charge in [-0.2, -0.15) is 0 Å². The van der Waals surface area contributed by atoms with E-state index < -0.39 is 0 Å². The van der Waals surface area contributed by atoms with Crippen molar-refractivity contribution >= 4 is 10.9 Å². The zero-order chi connectivity index (χ0) is 12.8. The zero-order valence-corrected chi connectivity index (χ0v) is 10.9. The second kappa shape index (κ2) is 6.31. The topological polar surface area (TPSA) is 24.9 Å². The van der Waals surface area contributed by atoms with E-state index in [1.807, 2.05) is 18.3 Å². The maximum absolute atomic E-state index is 4.35. The van der Waals surface area contributed by atoms with Crippen molar-refractivity contribution in [3.63, 3.8) is 0 Å². The molecule has 0 spiro atoms. The number of hydrogen-bond donors (Lipinski definition) is 1. The quantitative estimate of drug-likeness (QED) is 0.776. The van der Waals surface area contributed by atoms with Crippen molar-refractivity contribution in [3.05, 3.63) is 54.7 Å². The van der Waals surface area contributed by atoms with E-state index in [2.05, 4.69) is 48.1 Å². The molecule has 0 aliphatic rings. The summed E-state index contributed by atoms with van der Waals surface area (Å²) in [5, 5.41) is 4.74. The standard InChI is InChI=1S/C16H20N2/c1-3-5-8-15(17-4-2)14-9-10-16-13(12-14)7-6-11-18-16/h3,6-7,9-12,15,17H,1,4-5,8H2,2H3. The maximum Gasteiger partial charge on any atom is 0.0702 e. The largest absolute Gasteiger partial charge is 0.310 e. The van der Waals surface area contributed by atoms with E-state index in [1.54, 1.807) is 0 Å². The van der Waals surface area contributed by atoms with Crippen LogP contribution >= 0.6 is 0 Å². The number of rotatable bonds is 6. The van der Waals surface area contributed by atoms with Crippen LogP contribution in [-0.2, 0) is 0 Å². The fourth-order valence-corrected chi connectivity index (χ4v) is 2.23. The van der Waals surface area contributed by atoms with Crippen LogP contribution in [0.3, 0.4) is 0 Å². The van der Waals surface area contributed by atoms with Crippen LogP contribution in [0.5, 0.6) is 0 Å². The van der Waals surface area contributed by atoms with Gasteiger partial charge in [0.2, 0.25) is 0 Å². The van der Waals surface area contributed by atoms with E-state index in [0.717, 1.165) is 24.9 Å². The van der Waals surface area contributed by atoms with Gasteiger partial charge in [0.1, 0.15) is 0 Å². The second-order valence-electron chi connectivity index (χ2n) is 4.43. The van der Waals surface area contributed by atoms with Crippen LogP contribution < -0.4 is 5.32 Å². The SMILES string of the molecule is C=CCCC(NCC)c1ccc2ncccc2c1. The average Bonchev–Trinajstić information content (AvgIpc) is 2.43. The third kappa shape index (κ3) is 2.96. The van der Waals surface area contributed by atoms with Gasteiger partial charge in [-0.25, -0.2) is 0 Å². The first-order chi connectivity index (χ1) is 8.85. The molecule has 0 radical (unpaired) electrons. The summed E-state index contributed by atoms with van der Waals surface area (Å²) < 4.78 is 0. The lowest BCUT2D eigenvalue weighted by Gasteiger charge is -2.18. The number of fused-ring (bicyclic) bond motifs is 1. The maximum atomic E-state index is 4.35. The molecule has 0 saturated carbocycles. The summed E-state index contributed by atoms with van der Waals surface area (Å²) >= 11 is 0. The Morgan fingerprint density at radius 3 is 3.06 bits per heavy atom. The molecule has 0 saturated heterocycles. The number of allylic oxidation sites excluding steroid dienone is 1. The highest BCUT2D eigenvalue weighted by molar-refractivity contribution is 5.79. The number of hydrogen-bond acceptors (Lipinski definition) is 2. The number of benzene rings is 1. The molecule has 2 rings (SSSR count). The van der Waals surface area contributed by atoms with Crippen molar-refractivity contribution in [2.45, 2.75) is 25.8 Å². The summed E-state index contributed by atoms with van der Waals surface area (Å²) in [6, 6.07) is 11.0. The van der Waals surface area contributed by atoms with Gasteiger partial charge in [-0.05, 0) is 43.1 Å². The van der Waals surface area contributed by atoms with E-state index in [9.17, 15) is 0 Å². The van der Waals surface area contributed by atoms with Crippen LogP contribution in [0.15, 0.2) is 49.2 Å². The summed E-state index contributed by atoms with van der Waals surface area (Å²) in [6.07, 6.45) is 5.93. The highest BCUT2D eigenvalue weighted by Crippen LogP contribution is 2.22. The van der Waals surface area contributed by atoms with Crippen LogP contribution in [0, 0.1) is 0 Å². The molecule has 1 unspecified atom stereocenters. The van der Waals surface area contributed by atoms with E-state index in [-0.39, 0.29) is 0 Å². The molecule has 2 heteroatoms.